The Bertz CT molecular complexity index is 596. The summed E-state index contributed by atoms with van der Waals surface area (Å²) in [6, 6.07) is 1.89. The second-order valence-corrected chi connectivity index (χ2v) is 7.28. The minimum absolute atomic E-state index is 0.0138. The Balaban J connectivity index is 1.83. The zero-order chi connectivity index (χ0) is 18.4. The molecule has 2 N–H and O–H groups in total. The summed E-state index contributed by atoms with van der Waals surface area (Å²) < 4.78 is 1.70. The van der Waals surface area contributed by atoms with Crippen molar-refractivity contribution in [2.45, 2.75) is 46.5 Å². The maximum absolute atomic E-state index is 12.4. The molecule has 1 fully saturated rings. The van der Waals surface area contributed by atoms with E-state index >= 15 is 0 Å². The molecule has 0 saturated carbocycles. The number of urea groups is 1. The fraction of sp³-hybridized carbons (Fsp3) is 0.722. The Morgan fingerprint density at radius 1 is 1.40 bits per heavy atom. The summed E-state index contributed by atoms with van der Waals surface area (Å²) in [4.78, 5) is 26.4. The van der Waals surface area contributed by atoms with Crippen LogP contribution in [0.5, 0.6) is 0 Å². The van der Waals surface area contributed by atoms with Crippen LogP contribution >= 0.6 is 0 Å². The number of rotatable bonds is 6. The van der Waals surface area contributed by atoms with Crippen LogP contribution in [-0.2, 0) is 18.3 Å². The van der Waals surface area contributed by atoms with Crippen molar-refractivity contribution in [1.82, 2.24) is 20.0 Å². The normalized spacial score (nSPS) is 17.6. The second-order valence-electron chi connectivity index (χ2n) is 7.28. The number of nitrogens with zero attached hydrogens (tertiary/aromatic N) is 3. The zero-order valence-corrected chi connectivity index (χ0v) is 15.8. The number of carbonyl (C=O) groups excluding carboxylic acids is 2. The van der Waals surface area contributed by atoms with Crippen molar-refractivity contribution in [1.29, 1.82) is 0 Å². The molecule has 2 rings (SSSR count). The first-order chi connectivity index (χ1) is 11.9. The molecule has 7 nitrogen and oxygen atoms in total. The quantitative estimate of drug-likeness (QED) is 0.827. The van der Waals surface area contributed by atoms with Gasteiger partial charge in [-0.3, -0.25) is 9.48 Å². The second kappa shape index (κ2) is 8.87. The molecule has 0 aliphatic carbocycles. The van der Waals surface area contributed by atoms with E-state index < -0.39 is 0 Å². The number of piperidine rings is 1. The third-order valence-corrected chi connectivity index (χ3v) is 4.50. The van der Waals surface area contributed by atoms with Crippen molar-refractivity contribution in [2.75, 3.05) is 25.0 Å². The van der Waals surface area contributed by atoms with Gasteiger partial charge >= 0.3 is 6.03 Å². The van der Waals surface area contributed by atoms with Crippen molar-refractivity contribution >= 4 is 17.8 Å². The highest BCUT2D eigenvalue weighted by atomic mass is 16.2. The predicted octanol–water partition coefficient (Wildman–Crippen LogP) is 2.39. The van der Waals surface area contributed by atoms with Crippen molar-refractivity contribution in [3.8, 4) is 0 Å². The minimum atomic E-state index is -0.0157. The van der Waals surface area contributed by atoms with Gasteiger partial charge in [-0.2, -0.15) is 5.10 Å². The lowest BCUT2D eigenvalue weighted by Gasteiger charge is -2.32. The summed E-state index contributed by atoms with van der Waals surface area (Å²) in [5.74, 6) is 1.35. The molecule has 0 aromatic carbocycles. The molecule has 1 atom stereocenters. The number of aromatic nitrogens is 2. The van der Waals surface area contributed by atoms with Crippen molar-refractivity contribution in [2.24, 2.45) is 18.9 Å². The Morgan fingerprint density at radius 2 is 2.16 bits per heavy atom. The van der Waals surface area contributed by atoms with E-state index in [4.69, 9.17) is 0 Å². The topological polar surface area (TPSA) is 79.3 Å². The molecule has 1 aliphatic heterocycles. The van der Waals surface area contributed by atoms with Crippen molar-refractivity contribution < 1.29 is 9.59 Å². The number of hydrogen-bond donors (Lipinski definition) is 2. The monoisotopic (exact) mass is 349 g/mol. The highest BCUT2D eigenvalue weighted by Gasteiger charge is 2.25. The van der Waals surface area contributed by atoms with Crippen LogP contribution in [0.2, 0.25) is 0 Å². The summed E-state index contributed by atoms with van der Waals surface area (Å²) >= 11 is 0. The van der Waals surface area contributed by atoms with Gasteiger partial charge in [0.1, 0.15) is 5.82 Å². The minimum Gasteiger partial charge on any atom is -0.338 e. The number of aryl methyl sites for hydroxylation is 2. The van der Waals surface area contributed by atoms with Crippen LogP contribution in [0.25, 0.3) is 0 Å². The molecular weight excluding hydrogens is 318 g/mol. The SMILES string of the molecule is CCc1cc(NC(=O)C[C@H]2CCCN(C(=O)NCC(C)C)C2)n(C)n1. The number of anilines is 1. The van der Waals surface area contributed by atoms with Gasteiger partial charge in [0.2, 0.25) is 5.91 Å². The average Bonchev–Trinajstić information content (AvgIpc) is 2.92. The number of hydrogen-bond acceptors (Lipinski definition) is 3. The van der Waals surface area contributed by atoms with Crippen LogP contribution in [0.4, 0.5) is 10.6 Å². The van der Waals surface area contributed by atoms with E-state index in [9.17, 15) is 9.59 Å². The summed E-state index contributed by atoms with van der Waals surface area (Å²) in [6.07, 6.45) is 3.19. The van der Waals surface area contributed by atoms with E-state index in [2.05, 4.69) is 29.6 Å². The van der Waals surface area contributed by atoms with Crippen molar-refractivity contribution in [3.63, 3.8) is 0 Å². The number of carbonyl (C=O) groups is 2. The largest absolute Gasteiger partial charge is 0.338 e. The molecule has 0 radical (unpaired) electrons. The smallest absolute Gasteiger partial charge is 0.317 e. The fourth-order valence-electron chi connectivity index (χ4n) is 3.09. The summed E-state index contributed by atoms with van der Waals surface area (Å²) in [7, 11) is 1.83. The fourth-order valence-corrected chi connectivity index (χ4v) is 3.09. The van der Waals surface area contributed by atoms with Gasteiger partial charge < -0.3 is 15.5 Å². The average molecular weight is 349 g/mol. The van der Waals surface area contributed by atoms with E-state index in [1.165, 1.54) is 0 Å². The lowest BCUT2D eigenvalue weighted by atomic mass is 9.94. The number of amides is 3. The molecule has 2 heterocycles. The summed E-state index contributed by atoms with van der Waals surface area (Å²) in [6.45, 7) is 8.28. The lowest BCUT2D eigenvalue weighted by molar-refractivity contribution is -0.117. The van der Waals surface area contributed by atoms with Gasteiger partial charge in [-0.1, -0.05) is 20.8 Å². The van der Waals surface area contributed by atoms with Crippen LogP contribution in [-0.4, -0.2) is 46.3 Å². The van der Waals surface area contributed by atoms with Gasteiger partial charge in [0.05, 0.1) is 5.69 Å². The van der Waals surface area contributed by atoms with Crippen LogP contribution in [0, 0.1) is 11.8 Å². The molecule has 1 saturated heterocycles. The third kappa shape index (κ3) is 5.76. The first-order valence-electron chi connectivity index (χ1n) is 9.24. The predicted molar refractivity (Wildman–Crippen MR) is 98.4 cm³/mol. The molecule has 1 aliphatic rings. The maximum atomic E-state index is 12.4. The van der Waals surface area contributed by atoms with Crippen LogP contribution < -0.4 is 10.6 Å². The van der Waals surface area contributed by atoms with E-state index in [0.29, 0.717) is 25.4 Å². The Kier molecular flexibility index (Phi) is 6.84. The van der Waals surface area contributed by atoms with Gasteiger partial charge in [-0.25, -0.2) is 4.79 Å². The standard InChI is InChI=1S/C18H31N5O2/c1-5-15-10-16(22(4)21-15)20-17(24)9-14-7-6-8-23(12-14)18(25)19-11-13(2)3/h10,13-14H,5-9,11-12H2,1-4H3,(H,19,25)(H,20,24)/t14-/m1/s1. The first-order valence-corrected chi connectivity index (χ1v) is 9.24. The summed E-state index contributed by atoms with van der Waals surface area (Å²) in [5.41, 5.74) is 0.962. The van der Waals surface area contributed by atoms with Crippen LogP contribution in [0.3, 0.4) is 0 Å². The van der Waals surface area contributed by atoms with Gasteiger partial charge in [-0.05, 0) is 31.1 Å². The number of likely N-dealkylation sites (tertiary alicyclic amines) is 1. The Morgan fingerprint density at radius 3 is 2.80 bits per heavy atom. The first kappa shape index (κ1) is 19.3. The van der Waals surface area contributed by atoms with Crippen molar-refractivity contribution in [3.05, 3.63) is 11.8 Å². The molecule has 1 aromatic rings. The highest BCUT2D eigenvalue weighted by Crippen LogP contribution is 2.21. The molecule has 3 amide bonds. The van der Waals surface area contributed by atoms with Gasteiger partial charge in [0.15, 0.2) is 0 Å². The Labute approximate surface area is 150 Å². The maximum Gasteiger partial charge on any atom is 0.317 e. The Hall–Kier alpha value is -2.05. The van der Waals surface area contributed by atoms with E-state index in [1.807, 2.05) is 24.9 Å². The molecular formula is C18H31N5O2. The lowest BCUT2D eigenvalue weighted by Crippen LogP contribution is -2.46. The van der Waals surface area contributed by atoms with Crippen LogP contribution in [0.1, 0.15) is 45.7 Å². The third-order valence-electron chi connectivity index (χ3n) is 4.50. The van der Waals surface area contributed by atoms with E-state index in [1.54, 1.807) is 4.68 Å². The van der Waals surface area contributed by atoms with E-state index in [-0.39, 0.29) is 17.9 Å². The summed E-state index contributed by atoms with van der Waals surface area (Å²) in [5, 5.41) is 10.2. The van der Waals surface area contributed by atoms with E-state index in [0.717, 1.165) is 37.3 Å². The molecule has 140 valence electrons. The zero-order valence-electron chi connectivity index (χ0n) is 15.8. The number of nitrogens with one attached hydrogen (secondary N) is 2. The molecule has 25 heavy (non-hydrogen) atoms. The van der Waals surface area contributed by atoms with Crippen LogP contribution in [0.15, 0.2) is 6.07 Å². The molecule has 7 heteroatoms. The molecule has 1 aromatic heterocycles. The van der Waals surface area contributed by atoms with Gasteiger partial charge in [0.25, 0.3) is 0 Å². The molecule has 0 unspecified atom stereocenters. The highest BCUT2D eigenvalue weighted by molar-refractivity contribution is 5.90. The van der Waals surface area contributed by atoms with Gasteiger partial charge in [0, 0.05) is 39.2 Å². The molecule has 0 bridgehead atoms. The van der Waals surface area contributed by atoms with Gasteiger partial charge in [-0.15, -0.1) is 0 Å². The molecule has 0 spiro atoms.